The number of allylic oxidation sites excluding steroid dienone is 1. The summed E-state index contributed by atoms with van der Waals surface area (Å²) in [5.74, 6) is -0.0706. The van der Waals surface area contributed by atoms with Crippen molar-refractivity contribution in [2.75, 3.05) is 10.2 Å². The number of amides is 1. The van der Waals surface area contributed by atoms with E-state index in [1.807, 2.05) is 31.2 Å². The first-order valence-electron chi connectivity index (χ1n) is 9.41. The van der Waals surface area contributed by atoms with Crippen LogP contribution in [0.3, 0.4) is 0 Å². The minimum atomic E-state index is -0.660. The molecule has 6 heteroatoms. The first-order valence-corrected chi connectivity index (χ1v) is 10.2. The Labute approximate surface area is 174 Å². The molecular weight excluding hydrogens is 395 g/mol. The van der Waals surface area contributed by atoms with Crippen LogP contribution in [0.25, 0.3) is 0 Å². The predicted octanol–water partition coefficient (Wildman–Crippen LogP) is 5.91. The van der Waals surface area contributed by atoms with Gasteiger partial charge >= 0.3 is 0 Å². The summed E-state index contributed by atoms with van der Waals surface area (Å²) in [6.45, 7) is 1.81. The monoisotopic (exact) mass is 414 g/mol. The molecule has 0 fully saturated rings. The number of nitrogens with one attached hydrogen (secondary N) is 1. The highest BCUT2D eigenvalue weighted by molar-refractivity contribution is 6.36. The Bertz CT molecular complexity index is 980. The maximum Gasteiger partial charge on any atom is 0.227 e. The van der Waals surface area contributed by atoms with E-state index < -0.39 is 6.04 Å². The van der Waals surface area contributed by atoms with E-state index in [0.29, 0.717) is 34.0 Å². The molecule has 4 nitrogen and oxygen atoms in total. The van der Waals surface area contributed by atoms with E-state index in [9.17, 15) is 9.59 Å². The number of ketones is 1. The van der Waals surface area contributed by atoms with Crippen LogP contribution in [0.4, 0.5) is 11.4 Å². The number of carbonyl (C=O) groups is 2. The third-order valence-corrected chi connectivity index (χ3v) is 5.94. The van der Waals surface area contributed by atoms with Crippen molar-refractivity contribution in [1.29, 1.82) is 0 Å². The molecule has 1 aliphatic carbocycles. The molecule has 1 atom stereocenters. The lowest BCUT2D eigenvalue weighted by Gasteiger charge is -2.34. The molecule has 0 spiro atoms. The number of rotatable bonds is 2. The zero-order chi connectivity index (χ0) is 19.8. The van der Waals surface area contributed by atoms with E-state index >= 15 is 0 Å². The van der Waals surface area contributed by atoms with Gasteiger partial charge in [-0.1, -0.05) is 48.3 Å². The number of halogens is 2. The van der Waals surface area contributed by atoms with Crippen LogP contribution in [0.1, 0.15) is 44.2 Å². The summed E-state index contributed by atoms with van der Waals surface area (Å²) in [6.07, 6.45) is 2.26. The van der Waals surface area contributed by atoms with Crippen molar-refractivity contribution in [2.45, 2.75) is 38.6 Å². The fourth-order valence-corrected chi connectivity index (χ4v) is 4.63. The largest absolute Gasteiger partial charge is 0.357 e. The maximum atomic E-state index is 13.1. The Balaban J connectivity index is 2.06. The second-order valence-electron chi connectivity index (χ2n) is 6.97. The smallest absolute Gasteiger partial charge is 0.227 e. The third kappa shape index (κ3) is 3.11. The van der Waals surface area contributed by atoms with Gasteiger partial charge in [-0.3, -0.25) is 14.5 Å². The van der Waals surface area contributed by atoms with Crippen LogP contribution in [0.15, 0.2) is 53.7 Å². The van der Waals surface area contributed by atoms with Gasteiger partial charge in [-0.25, -0.2) is 0 Å². The molecule has 0 saturated carbocycles. The van der Waals surface area contributed by atoms with Gasteiger partial charge in [-0.2, -0.15) is 0 Å². The van der Waals surface area contributed by atoms with Crippen molar-refractivity contribution in [2.24, 2.45) is 0 Å². The molecule has 28 heavy (non-hydrogen) atoms. The number of para-hydroxylation sites is 2. The average molecular weight is 415 g/mol. The second-order valence-corrected chi connectivity index (χ2v) is 7.78. The van der Waals surface area contributed by atoms with Gasteiger partial charge in [0.15, 0.2) is 5.78 Å². The zero-order valence-corrected chi connectivity index (χ0v) is 17.0. The van der Waals surface area contributed by atoms with Gasteiger partial charge < -0.3 is 5.32 Å². The van der Waals surface area contributed by atoms with Crippen molar-refractivity contribution in [1.82, 2.24) is 0 Å². The Morgan fingerprint density at radius 1 is 1.11 bits per heavy atom. The molecule has 0 saturated heterocycles. The second kappa shape index (κ2) is 7.61. The van der Waals surface area contributed by atoms with Gasteiger partial charge in [0.1, 0.15) is 0 Å². The summed E-state index contributed by atoms with van der Waals surface area (Å²) in [7, 11) is 0. The molecular formula is C22H20Cl2N2O2. The van der Waals surface area contributed by atoms with Gasteiger partial charge in [0, 0.05) is 39.7 Å². The fourth-order valence-electron chi connectivity index (χ4n) is 4.02. The van der Waals surface area contributed by atoms with E-state index in [1.165, 1.54) is 0 Å². The normalized spacial score (nSPS) is 18.9. The summed E-state index contributed by atoms with van der Waals surface area (Å²) in [6, 6.07) is 12.2. The third-order valence-electron chi connectivity index (χ3n) is 5.28. The first-order chi connectivity index (χ1) is 13.5. The van der Waals surface area contributed by atoms with Crippen LogP contribution in [0.2, 0.25) is 10.0 Å². The standard InChI is InChI=1S/C22H20Cl2N2O2/c1-2-19(28)26-17-11-4-3-9-15(17)25-16-10-6-12-18(27)21(16)22(26)20-13(23)7-5-8-14(20)24/h3-5,7-9,11,22,25H,2,6,10,12H2,1H3/t22-/m1/s1. The molecule has 144 valence electrons. The van der Waals surface area contributed by atoms with Crippen molar-refractivity contribution in [3.63, 3.8) is 0 Å². The number of Topliss-reactive ketones (excluding diaryl/α,β-unsaturated/α-hetero) is 1. The first kappa shape index (κ1) is 19.0. The Kier molecular flexibility index (Phi) is 5.17. The summed E-state index contributed by atoms with van der Waals surface area (Å²) >= 11 is 13.1. The highest BCUT2D eigenvalue weighted by Gasteiger charge is 2.40. The minimum absolute atomic E-state index is 0.0245. The molecule has 2 aromatic rings. The number of fused-ring (bicyclic) bond motifs is 1. The zero-order valence-electron chi connectivity index (χ0n) is 15.5. The van der Waals surface area contributed by atoms with E-state index in [0.717, 1.165) is 29.9 Å². The van der Waals surface area contributed by atoms with Gasteiger partial charge in [0.25, 0.3) is 0 Å². The molecule has 1 amide bonds. The van der Waals surface area contributed by atoms with Gasteiger partial charge in [0.05, 0.1) is 17.4 Å². The highest BCUT2D eigenvalue weighted by Crippen LogP contribution is 2.48. The fraction of sp³-hybridized carbons (Fsp3) is 0.273. The number of hydrogen-bond donors (Lipinski definition) is 1. The van der Waals surface area contributed by atoms with Crippen molar-refractivity contribution >= 4 is 46.3 Å². The van der Waals surface area contributed by atoms with Gasteiger partial charge in [-0.15, -0.1) is 0 Å². The van der Waals surface area contributed by atoms with Crippen molar-refractivity contribution < 1.29 is 9.59 Å². The summed E-state index contributed by atoms with van der Waals surface area (Å²) in [4.78, 5) is 27.9. The average Bonchev–Trinajstić information content (AvgIpc) is 2.82. The highest BCUT2D eigenvalue weighted by atomic mass is 35.5. The lowest BCUT2D eigenvalue weighted by atomic mass is 9.85. The number of carbonyl (C=O) groups excluding carboxylic acids is 2. The van der Waals surface area contributed by atoms with Crippen LogP contribution in [-0.2, 0) is 9.59 Å². The van der Waals surface area contributed by atoms with Crippen LogP contribution >= 0.6 is 23.2 Å². The molecule has 1 aliphatic heterocycles. The minimum Gasteiger partial charge on any atom is -0.357 e. The molecule has 0 unspecified atom stereocenters. The van der Waals surface area contributed by atoms with Crippen molar-refractivity contribution in [3.8, 4) is 0 Å². The van der Waals surface area contributed by atoms with Crippen molar-refractivity contribution in [3.05, 3.63) is 69.3 Å². The predicted molar refractivity (Wildman–Crippen MR) is 113 cm³/mol. The summed E-state index contributed by atoms with van der Waals surface area (Å²) < 4.78 is 0. The molecule has 1 heterocycles. The lowest BCUT2D eigenvalue weighted by Crippen LogP contribution is -2.38. The Hall–Kier alpha value is -2.30. The molecule has 2 aliphatic rings. The molecule has 0 aromatic heterocycles. The summed E-state index contributed by atoms with van der Waals surface area (Å²) in [5, 5.41) is 4.30. The lowest BCUT2D eigenvalue weighted by molar-refractivity contribution is -0.118. The van der Waals surface area contributed by atoms with Crippen LogP contribution < -0.4 is 10.2 Å². The van der Waals surface area contributed by atoms with Crippen LogP contribution in [-0.4, -0.2) is 11.7 Å². The maximum absolute atomic E-state index is 13.1. The Morgan fingerprint density at radius 2 is 1.82 bits per heavy atom. The van der Waals surface area contributed by atoms with Gasteiger partial charge in [-0.05, 0) is 37.1 Å². The number of hydrogen-bond acceptors (Lipinski definition) is 3. The van der Waals surface area contributed by atoms with Gasteiger partial charge in [0.2, 0.25) is 5.91 Å². The van der Waals surface area contributed by atoms with Crippen LogP contribution in [0.5, 0.6) is 0 Å². The van der Waals surface area contributed by atoms with E-state index in [-0.39, 0.29) is 11.7 Å². The molecule has 2 aromatic carbocycles. The SMILES string of the molecule is CCC(=O)N1c2ccccc2NC2=C(C(=O)CCC2)[C@H]1c1c(Cl)cccc1Cl. The number of anilines is 2. The molecule has 4 rings (SSSR count). The molecule has 0 bridgehead atoms. The quantitative estimate of drug-likeness (QED) is 0.664. The summed E-state index contributed by atoms with van der Waals surface area (Å²) in [5.41, 5.74) is 3.54. The van der Waals surface area contributed by atoms with E-state index in [4.69, 9.17) is 23.2 Å². The molecule has 1 N–H and O–H groups in total. The number of benzene rings is 2. The van der Waals surface area contributed by atoms with Crippen LogP contribution in [0, 0.1) is 0 Å². The number of nitrogens with zero attached hydrogens (tertiary/aromatic N) is 1. The van der Waals surface area contributed by atoms with E-state index in [1.54, 1.807) is 23.1 Å². The topological polar surface area (TPSA) is 49.4 Å². The molecule has 0 radical (unpaired) electrons. The Morgan fingerprint density at radius 3 is 2.54 bits per heavy atom. The van der Waals surface area contributed by atoms with E-state index in [2.05, 4.69) is 5.32 Å².